The number of methoxy groups -OCH3 is 2. The number of fused-ring (bicyclic) bond motifs is 2. The van der Waals surface area contributed by atoms with Crippen LogP contribution >= 0.6 is 0 Å². The molecule has 2 aromatic carbocycles. The van der Waals surface area contributed by atoms with Gasteiger partial charge in [0.25, 0.3) is 0 Å². The van der Waals surface area contributed by atoms with Gasteiger partial charge < -0.3 is 53.6 Å². The Morgan fingerprint density at radius 3 is 2.15 bits per heavy atom. The van der Waals surface area contributed by atoms with E-state index in [0.717, 1.165) is 13.2 Å². The van der Waals surface area contributed by atoms with Gasteiger partial charge in [0.05, 0.1) is 42.1 Å². The van der Waals surface area contributed by atoms with Crippen molar-refractivity contribution in [2.75, 3.05) is 14.2 Å². The molecule has 3 aliphatic rings. The van der Waals surface area contributed by atoms with Crippen molar-refractivity contribution in [2.45, 2.75) is 89.7 Å². The third kappa shape index (κ3) is 6.12. The lowest BCUT2D eigenvalue weighted by Crippen LogP contribution is -2.55. The molecule has 0 radical (unpaired) electrons. The Balaban J connectivity index is 1.46. The van der Waals surface area contributed by atoms with Crippen LogP contribution < -0.4 is 4.74 Å². The minimum absolute atomic E-state index is 0.0372. The molecule has 5 rings (SSSR count). The molecule has 0 spiro atoms. The van der Waals surface area contributed by atoms with E-state index in [0.29, 0.717) is 0 Å². The van der Waals surface area contributed by atoms with E-state index >= 15 is 0 Å². The smallest absolute Gasteiger partial charge is 0.341 e. The summed E-state index contributed by atoms with van der Waals surface area (Å²) in [5.41, 5.74) is -2.51. The molecule has 0 amide bonds. The second-order valence-electron chi connectivity index (χ2n) is 11.6. The number of aromatic hydroxyl groups is 3. The lowest BCUT2D eigenvalue weighted by atomic mass is 9.80. The van der Waals surface area contributed by atoms with Crippen molar-refractivity contribution in [2.24, 2.45) is 0 Å². The number of ketones is 2. The molecule has 254 valence electrons. The highest BCUT2D eigenvalue weighted by Crippen LogP contribution is 2.45. The molecule has 2 heterocycles. The fourth-order valence-corrected chi connectivity index (χ4v) is 6.27. The van der Waals surface area contributed by atoms with Crippen molar-refractivity contribution in [1.82, 2.24) is 0 Å². The van der Waals surface area contributed by atoms with Crippen LogP contribution in [-0.4, -0.2) is 107 Å². The van der Waals surface area contributed by atoms with Gasteiger partial charge in [-0.2, -0.15) is 0 Å². The molecule has 15 heteroatoms. The topological polar surface area (TPSA) is 214 Å². The Morgan fingerprint density at radius 1 is 0.872 bits per heavy atom. The predicted molar refractivity (Wildman–Crippen MR) is 157 cm³/mol. The van der Waals surface area contributed by atoms with Gasteiger partial charge >= 0.3 is 11.9 Å². The lowest BCUT2D eigenvalue weighted by Gasteiger charge is -2.43. The summed E-state index contributed by atoms with van der Waals surface area (Å²) in [6.45, 7) is 6.02. The highest BCUT2D eigenvalue weighted by atomic mass is 16.7. The van der Waals surface area contributed by atoms with Gasteiger partial charge in [-0.3, -0.25) is 14.4 Å². The number of carbonyl (C=O) groups is 4. The average molecular weight is 661 g/mol. The van der Waals surface area contributed by atoms with Crippen LogP contribution in [0.1, 0.15) is 81.4 Å². The third-order valence-corrected chi connectivity index (χ3v) is 8.54. The number of phenolic OH excluding ortho intramolecular Hbond substituents is 3. The zero-order valence-corrected chi connectivity index (χ0v) is 26.5. The maximum absolute atomic E-state index is 13.7. The summed E-state index contributed by atoms with van der Waals surface area (Å²) in [4.78, 5) is 51.3. The summed E-state index contributed by atoms with van der Waals surface area (Å²) in [5, 5.41) is 43.0. The first-order chi connectivity index (χ1) is 22.2. The molecule has 1 aliphatic carbocycles. The number of aliphatic hydroxyl groups is 1. The normalized spacial score (nSPS) is 28.7. The van der Waals surface area contributed by atoms with E-state index in [-0.39, 0.29) is 29.7 Å². The van der Waals surface area contributed by atoms with Gasteiger partial charge in [0.2, 0.25) is 12.1 Å². The predicted octanol–water partition coefficient (Wildman–Crippen LogP) is 2.02. The van der Waals surface area contributed by atoms with Gasteiger partial charge in [0, 0.05) is 38.0 Å². The van der Waals surface area contributed by atoms with Gasteiger partial charge in [-0.05, 0) is 32.9 Å². The van der Waals surface area contributed by atoms with Gasteiger partial charge in [-0.25, -0.2) is 4.79 Å². The highest BCUT2D eigenvalue weighted by molar-refractivity contribution is 6.32. The maximum Gasteiger partial charge on any atom is 0.341 e. The van der Waals surface area contributed by atoms with Crippen LogP contribution in [-0.2, 0) is 33.2 Å². The fourth-order valence-electron chi connectivity index (χ4n) is 6.27. The Morgan fingerprint density at radius 2 is 1.53 bits per heavy atom. The molecule has 0 aromatic heterocycles. The zero-order valence-electron chi connectivity index (χ0n) is 26.5. The van der Waals surface area contributed by atoms with Gasteiger partial charge in [-0.15, -0.1) is 0 Å². The average Bonchev–Trinajstić information content (AvgIpc) is 3.00. The van der Waals surface area contributed by atoms with Gasteiger partial charge in [0.15, 0.2) is 18.2 Å². The molecular formula is C32H36O15. The third-order valence-electron chi connectivity index (χ3n) is 8.54. The van der Waals surface area contributed by atoms with Crippen molar-refractivity contribution in [3.05, 3.63) is 45.5 Å². The lowest BCUT2D eigenvalue weighted by molar-refractivity contribution is -0.301. The number of rotatable bonds is 7. The van der Waals surface area contributed by atoms with Crippen LogP contribution in [0.5, 0.6) is 23.0 Å². The molecule has 2 aliphatic heterocycles. The van der Waals surface area contributed by atoms with Crippen molar-refractivity contribution >= 4 is 23.5 Å². The first-order valence-corrected chi connectivity index (χ1v) is 14.8. The molecule has 2 fully saturated rings. The van der Waals surface area contributed by atoms with E-state index in [9.17, 15) is 39.6 Å². The molecular weight excluding hydrogens is 624 g/mol. The number of esters is 2. The number of hydrogen-bond acceptors (Lipinski definition) is 15. The molecule has 2 saturated heterocycles. The summed E-state index contributed by atoms with van der Waals surface area (Å²) >= 11 is 0. The van der Waals surface area contributed by atoms with Crippen LogP contribution in [0.4, 0.5) is 0 Å². The van der Waals surface area contributed by atoms with E-state index < -0.39 is 112 Å². The van der Waals surface area contributed by atoms with Crippen molar-refractivity contribution in [3.63, 3.8) is 0 Å². The van der Waals surface area contributed by atoms with E-state index in [1.807, 2.05) is 0 Å². The van der Waals surface area contributed by atoms with E-state index in [1.54, 1.807) is 13.8 Å². The standard InChI is InChI=1S/C32H36O15/c1-11-19(8-15-23(26(11)36)29(39)24-17(34)7-16(32(40)42-6)28(38)25(24)27(15)37)46-22-10-20(31(13(3)44-22)45-14(4)33)47-21-9-18(35)30(41-5)12(2)43-21/h7-8,12-13,18,20-22,30-31,34-36,38H,9-10H2,1-6H3. The number of ether oxygens (including phenoxy) is 7. The van der Waals surface area contributed by atoms with Crippen molar-refractivity contribution in [1.29, 1.82) is 0 Å². The van der Waals surface area contributed by atoms with Crippen LogP contribution in [0.3, 0.4) is 0 Å². The molecule has 8 unspecified atom stereocenters. The van der Waals surface area contributed by atoms with Crippen LogP contribution in [0, 0.1) is 6.92 Å². The molecule has 4 N–H and O–H groups in total. The number of aliphatic hydroxyl groups excluding tert-OH is 1. The quantitative estimate of drug-likeness (QED) is 0.211. The number of carbonyl (C=O) groups excluding carboxylic acids is 4. The van der Waals surface area contributed by atoms with Gasteiger partial charge in [-0.1, -0.05) is 0 Å². The fraction of sp³-hybridized carbons (Fsp3) is 0.500. The van der Waals surface area contributed by atoms with E-state index in [1.165, 1.54) is 27.0 Å². The molecule has 2 aromatic rings. The molecule has 47 heavy (non-hydrogen) atoms. The Hall–Kier alpha value is -4.28. The van der Waals surface area contributed by atoms with Crippen molar-refractivity contribution < 1.29 is 72.8 Å². The number of phenols is 3. The Kier molecular flexibility index (Phi) is 9.48. The minimum atomic E-state index is -1.10. The highest BCUT2D eigenvalue weighted by Gasteiger charge is 2.45. The minimum Gasteiger partial charge on any atom is -0.507 e. The van der Waals surface area contributed by atoms with Crippen molar-refractivity contribution in [3.8, 4) is 23.0 Å². The van der Waals surface area contributed by atoms with Crippen LogP contribution in [0.15, 0.2) is 12.1 Å². The second kappa shape index (κ2) is 13.1. The maximum atomic E-state index is 13.7. The number of benzene rings is 2. The molecule has 0 saturated carbocycles. The zero-order chi connectivity index (χ0) is 34.5. The van der Waals surface area contributed by atoms with Gasteiger partial charge in [0.1, 0.15) is 40.8 Å². The number of hydrogen-bond donors (Lipinski definition) is 4. The Labute approximate surface area is 268 Å². The second-order valence-corrected chi connectivity index (χ2v) is 11.6. The molecule has 0 bridgehead atoms. The summed E-state index contributed by atoms with van der Waals surface area (Å²) in [6, 6.07) is 1.99. The summed E-state index contributed by atoms with van der Waals surface area (Å²) < 4.78 is 39.6. The first kappa shape index (κ1) is 34.1. The summed E-state index contributed by atoms with van der Waals surface area (Å²) in [5.74, 6) is -5.91. The summed E-state index contributed by atoms with van der Waals surface area (Å²) in [6.07, 6.45) is -6.44. The van der Waals surface area contributed by atoms with E-state index in [4.69, 9.17) is 28.4 Å². The largest absolute Gasteiger partial charge is 0.507 e. The van der Waals surface area contributed by atoms with E-state index in [2.05, 4.69) is 4.74 Å². The van der Waals surface area contributed by atoms with Crippen LogP contribution in [0.2, 0.25) is 0 Å². The first-order valence-electron chi connectivity index (χ1n) is 14.8. The Bertz CT molecular complexity index is 1600. The van der Waals surface area contributed by atoms with Crippen LogP contribution in [0.25, 0.3) is 0 Å². The summed E-state index contributed by atoms with van der Waals surface area (Å²) in [7, 11) is 2.49. The monoisotopic (exact) mass is 660 g/mol. The SMILES string of the molecule is COC(=O)c1cc(O)c2c(c1O)C(=O)c1cc(OC3CC(OC4CC(O)C(OC)C(C)O4)C(OC(C)=O)C(C)O3)c(C)c(O)c1C2=O. The molecule has 8 atom stereocenters. The molecule has 15 nitrogen and oxygen atoms in total.